The molecule has 0 amide bonds. The Morgan fingerprint density at radius 3 is 2.60 bits per heavy atom. The van der Waals surface area contributed by atoms with Gasteiger partial charge in [-0.15, -0.1) is 0 Å². The van der Waals surface area contributed by atoms with Crippen molar-refractivity contribution in [3.8, 4) is 0 Å². The van der Waals surface area contributed by atoms with Gasteiger partial charge < -0.3 is 10.8 Å². The Morgan fingerprint density at radius 1 is 1.33 bits per heavy atom. The molecule has 0 unspecified atom stereocenters. The second kappa shape index (κ2) is 4.24. The lowest BCUT2D eigenvalue weighted by Gasteiger charge is -2.35. The maximum Gasteiger partial charge on any atom is 0.0898 e. The maximum absolute atomic E-state index is 10.5. The molecule has 2 rings (SSSR count). The van der Waals surface area contributed by atoms with Crippen LogP contribution in [0.5, 0.6) is 0 Å². The fourth-order valence-electron chi connectivity index (χ4n) is 2.18. The highest BCUT2D eigenvalue weighted by Crippen LogP contribution is 2.37. The van der Waals surface area contributed by atoms with Crippen molar-refractivity contribution in [2.24, 2.45) is 5.73 Å². The van der Waals surface area contributed by atoms with Gasteiger partial charge in [0, 0.05) is 10.5 Å². The average Bonchev–Trinajstić information content (AvgIpc) is 2.23. The van der Waals surface area contributed by atoms with Gasteiger partial charge >= 0.3 is 0 Å². The van der Waals surface area contributed by atoms with Crippen LogP contribution in [-0.2, 0) is 5.60 Å². The standard InChI is InChI=1S/C12H16BrNO/c13-10-3-1-2-9(8-10)12(15)6-4-11(14)5-7-12/h1-3,8,11,15H,4-7,14H2. The molecular formula is C12H16BrNO. The average molecular weight is 270 g/mol. The van der Waals surface area contributed by atoms with Crippen LogP contribution in [0.3, 0.4) is 0 Å². The highest BCUT2D eigenvalue weighted by molar-refractivity contribution is 9.10. The maximum atomic E-state index is 10.5. The topological polar surface area (TPSA) is 46.2 Å². The molecule has 1 aliphatic carbocycles. The highest BCUT2D eigenvalue weighted by Gasteiger charge is 2.33. The van der Waals surface area contributed by atoms with Gasteiger partial charge in [-0.05, 0) is 43.4 Å². The largest absolute Gasteiger partial charge is 0.385 e. The van der Waals surface area contributed by atoms with Crippen molar-refractivity contribution >= 4 is 15.9 Å². The van der Waals surface area contributed by atoms with Crippen LogP contribution in [0, 0.1) is 0 Å². The van der Waals surface area contributed by atoms with E-state index in [9.17, 15) is 5.11 Å². The minimum atomic E-state index is -0.667. The van der Waals surface area contributed by atoms with Crippen molar-refractivity contribution in [2.75, 3.05) is 0 Å². The molecule has 1 saturated carbocycles. The fraction of sp³-hybridized carbons (Fsp3) is 0.500. The SMILES string of the molecule is NC1CCC(O)(c2cccc(Br)c2)CC1. The summed E-state index contributed by atoms with van der Waals surface area (Å²) in [6, 6.07) is 8.18. The first kappa shape index (κ1) is 11.1. The predicted molar refractivity (Wildman–Crippen MR) is 64.5 cm³/mol. The molecule has 0 heterocycles. The van der Waals surface area contributed by atoms with Crippen molar-refractivity contribution < 1.29 is 5.11 Å². The van der Waals surface area contributed by atoms with Gasteiger partial charge in [0.15, 0.2) is 0 Å². The van der Waals surface area contributed by atoms with Crippen LogP contribution in [0.2, 0.25) is 0 Å². The zero-order valence-electron chi connectivity index (χ0n) is 8.62. The van der Waals surface area contributed by atoms with E-state index in [0.717, 1.165) is 35.7 Å². The molecule has 0 radical (unpaired) electrons. The second-order valence-corrected chi connectivity index (χ2v) is 5.30. The number of benzene rings is 1. The highest BCUT2D eigenvalue weighted by atomic mass is 79.9. The second-order valence-electron chi connectivity index (χ2n) is 4.38. The normalized spacial score (nSPS) is 31.5. The monoisotopic (exact) mass is 269 g/mol. The smallest absolute Gasteiger partial charge is 0.0898 e. The van der Waals surface area contributed by atoms with E-state index in [1.807, 2.05) is 24.3 Å². The van der Waals surface area contributed by atoms with E-state index in [2.05, 4.69) is 15.9 Å². The minimum Gasteiger partial charge on any atom is -0.385 e. The van der Waals surface area contributed by atoms with Gasteiger partial charge in [0.1, 0.15) is 0 Å². The van der Waals surface area contributed by atoms with Crippen molar-refractivity contribution in [1.82, 2.24) is 0 Å². The number of halogens is 1. The van der Waals surface area contributed by atoms with Gasteiger partial charge in [-0.25, -0.2) is 0 Å². The van der Waals surface area contributed by atoms with Gasteiger partial charge in [-0.1, -0.05) is 28.1 Å². The molecule has 0 atom stereocenters. The summed E-state index contributed by atoms with van der Waals surface area (Å²) >= 11 is 3.43. The molecule has 1 aromatic carbocycles. The van der Waals surface area contributed by atoms with Gasteiger partial charge in [-0.2, -0.15) is 0 Å². The van der Waals surface area contributed by atoms with E-state index < -0.39 is 5.60 Å². The van der Waals surface area contributed by atoms with Crippen molar-refractivity contribution in [3.05, 3.63) is 34.3 Å². The van der Waals surface area contributed by atoms with E-state index in [4.69, 9.17) is 5.73 Å². The van der Waals surface area contributed by atoms with E-state index in [1.54, 1.807) is 0 Å². The summed E-state index contributed by atoms with van der Waals surface area (Å²) in [4.78, 5) is 0. The van der Waals surface area contributed by atoms with Gasteiger partial charge in [-0.3, -0.25) is 0 Å². The fourth-order valence-corrected chi connectivity index (χ4v) is 2.58. The predicted octanol–water partition coefficient (Wildman–Crippen LogP) is 2.54. The summed E-state index contributed by atoms with van der Waals surface area (Å²) in [6.45, 7) is 0. The van der Waals surface area contributed by atoms with Crippen molar-refractivity contribution in [2.45, 2.75) is 37.3 Å². The first-order chi connectivity index (χ1) is 7.10. The third-order valence-electron chi connectivity index (χ3n) is 3.22. The summed E-state index contributed by atoms with van der Waals surface area (Å²) in [5, 5.41) is 10.5. The number of rotatable bonds is 1. The zero-order valence-corrected chi connectivity index (χ0v) is 10.2. The quantitative estimate of drug-likeness (QED) is 0.823. The lowest BCUT2D eigenvalue weighted by atomic mass is 9.78. The van der Waals surface area contributed by atoms with E-state index >= 15 is 0 Å². The van der Waals surface area contributed by atoms with Gasteiger partial charge in [0.25, 0.3) is 0 Å². The summed E-state index contributed by atoms with van der Waals surface area (Å²) in [5.41, 5.74) is 6.18. The molecule has 3 N–H and O–H groups in total. The molecule has 2 nitrogen and oxygen atoms in total. The molecule has 3 heteroatoms. The zero-order chi connectivity index (χ0) is 10.9. The first-order valence-corrected chi connectivity index (χ1v) is 6.13. The molecule has 0 bridgehead atoms. The number of hydrogen-bond donors (Lipinski definition) is 2. The van der Waals surface area contributed by atoms with E-state index in [1.165, 1.54) is 0 Å². The lowest BCUT2D eigenvalue weighted by Crippen LogP contribution is -2.36. The molecule has 1 fully saturated rings. The van der Waals surface area contributed by atoms with Crippen LogP contribution in [-0.4, -0.2) is 11.1 Å². The molecule has 82 valence electrons. The molecule has 1 aromatic rings. The Bertz CT molecular complexity index is 345. The number of hydrogen-bond acceptors (Lipinski definition) is 2. The van der Waals surface area contributed by atoms with Crippen LogP contribution in [0.1, 0.15) is 31.2 Å². The van der Waals surface area contributed by atoms with Crippen molar-refractivity contribution in [1.29, 1.82) is 0 Å². The molecule has 0 aliphatic heterocycles. The molecule has 1 aliphatic rings. The molecule has 0 aromatic heterocycles. The van der Waals surface area contributed by atoms with Gasteiger partial charge in [0.05, 0.1) is 5.60 Å². The van der Waals surface area contributed by atoms with Crippen LogP contribution < -0.4 is 5.73 Å². The van der Waals surface area contributed by atoms with Crippen LogP contribution >= 0.6 is 15.9 Å². The first-order valence-electron chi connectivity index (χ1n) is 5.34. The summed E-state index contributed by atoms with van der Waals surface area (Å²) in [5.74, 6) is 0. The molecular weight excluding hydrogens is 254 g/mol. The molecule has 15 heavy (non-hydrogen) atoms. The minimum absolute atomic E-state index is 0.262. The summed E-state index contributed by atoms with van der Waals surface area (Å²) in [6.07, 6.45) is 3.35. The Balaban J connectivity index is 2.22. The van der Waals surface area contributed by atoms with E-state index in [0.29, 0.717) is 0 Å². The Morgan fingerprint density at radius 2 is 2.00 bits per heavy atom. The molecule has 0 spiro atoms. The Labute approximate surface area is 98.6 Å². The van der Waals surface area contributed by atoms with Crippen LogP contribution in [0.4, 0.5) is 0 Å². The third-order valence-corrected chi connectivity index (χ3v) is 3.71. The Kier molecular flexibility index (Phi) is 3.14. The third kappa shape index (κ3) is 2.41. The van der Waals surface area contributed by atoms with E-state index in [-0.39, 0.29) is 6.04 Å². The summed E-state index contributed by atoms with van der Waals surface area (Å²) in [7, 11) is 0. The van der Waals surface area contributed by atoms with Crippen LogP contribution in [0.25, 0.3) is 0 Å². The summed E-state index contributed by atoms with van der Waals surface area (Å²) < 4.78 is 1.02. The number of nitrogens with two attached hydrogens (primary N) is 1. The van der Waals surface area contributed by atoms with Crippen molar-refractivity contribution in [3.63, 3.8) is 0 Å². The Hall–Kier alpha value is -0.380. The number of aliphatic hydroxyl groups is 1. The lowest BCUT2D eigenvalue weighted by molar-refractivity contribution is -0.00500. The van der Waals surface area contributed by atoms with Crippen LogP contribution in [0.15, 0.2) is 28.7 Å². The van der Waals surface area contributed by atoms with Gasteiger partial charge in [0.2, 0.25) is 0 Å². The molecule has 0 saturated heterocycles.